The fourth-order valence-corrected chi connectivity index (χ4v) is 2.91. The van der Waals surface area contributed by atoms with Gasteiger partial charge in [0, 0.05) is 34.9 Å². The molecule has 9 nitrogen and oxygen atoms in total. The van der Waals surface area contributed by atoms with Gasteiger partial charge < -0.3 is 20.1 Å². The van der Waals surface area contributed by atoms with Gasteiger partial charge in [0.1, 0.15) is 0 Å². The minimum atomic E-state index is -0.844. The third-order valence-electron chi connectivity index (χ3n) is 4.46. The first kappa shape index (κ1) is 19.6. The Labute approximate surface area is 176 Å². The van der Waals surface area contributed by atoms with Crippen LogP contribution < -0.4 is 15.5 Å². The van der Waals surface area contributed by atoms with E-state index in [1.807, 2.05) is 0 Å². The van der Waals surface area contributed by atoms with E-state index in [2.05, 4.69) is 20.8 Å². The quantitative estimate of drug-likeness (QED) is 0.478. The average Bonchev–Trinajstić information content (AvgIpc) is 3.21. The van der Waals surface area contributed by atoms with Crippen molar-refractivity contribution < 1.29 is 18.9 Å². The van der Waals surface area contributed by atoms with Crippen LogP contribution in [0.4, 0.5) is 11.4 Å². The van der Waals surface area contributed by atoms with Gasteiger partial charge in [-0.15, -0.1) is 0 Å². The SMILES string of the molecule is O=C(NCc1nc(-c2ccc(Cl)cc2)no1)C(=O)Nc1ccc(N2CCC2=O)cc1. The summed E-state index contributed by atoms with van der Waals surface area (Å²) in [7, 11) is 0. The molecule has 3 amide bonds. The first-order valence-electron chi connectivity index (χ1n) is 9.08. The second-order valence-corrected chi connectivity index (χ2v) is 6.93. The van der Waals surface area contributed by atoms with Crippen LogP contribution >= 0.6 is 11.6 Å². The largest absolute Gasteiger partial charge is 0.339 e. The van der Waals surface area contributed by atoms with Gasteiger partial charge in [0.15, 0.2) is 0 Å². The fraction of sp³-hybridized carbons (Fsp3) is 0.150. The average molecular weight is 426 g/mol. The number of anilines is 2. The van der Waals surface area contributed by atoms with Crippen molar-refractivity contribution in [3.63, 3.8) is 0 Å². The molecule has 0 radical (unpaired) electrons. The number of carbonyl (C=O) groups is 3. The maximum absolute atomic E-state index is 12.1. The van der Waals surface area contributed by atoms with E-state index in [1.54, 1.807) is 53.4 Å². The van der Waals surface area contributed by atoms with E-state index in [0.717, 1.165) is 5.69 Å². The lowest BCUT2D eigenvalue weighted by Crippen LogP contribution is -2.43. The maximum atomic E-state index is 12.1. The fourth-order valence-electron chi connectivity index (χ4n) is 2.78. The predicted molar refractivity (Wildman–Crippen MR) is 109 cm³/mol. The molecule has 1 aliphatic heterocycles. The molecule has 2 heterocycles. The van der Waals surface area contributed by atoms with Gasteiger partial charge in [-0.25, -0.2) is 0 Å². The number of benzene rings is 2. The van der Waals surface area contributed by atoms with Crippen molar-refractivity contribution in [2.24, 2.45) is 0 Å². The van der Waals surface area contributed by atoms with Crippen LogP contribution in [0.3, 0.4) is 0 Å². The number of hydrogen-bond donors (Lipinski definition) is 2. The number of aromatic nitrogens is 2. The Morgan fingerprint density at radius 2 is 1.80 bits per heavy atom. The number of β-lactam (4-membered cyclic amide) rings is 1. The van der Waals surface area contributed by atoms with Crippen molar-refractivity contribution in [1.29, 1.82) is 0 Å². The van der Waals surface area contributed by atoms with E-state index in [4.69, 9.17) is 16.1 Å². The summed E-state index contributed by atoms with van der Waals surface area (Å²) in [6.07, 6.45) is 0.542. The summed E-state index contributed by atoms with van der Waals surface area (Å²) >= 11 is 5.85. The summed E-state index contributed by atoms with van der Waals surface area (Å²) in [5, 5.41) is 9.34. The number of carbonyl (C=O) groups excluding carboxylic acids is 3. The van der Waals surface area contributed by atoms with E-state index in [9.17, 15) is 14.4 Å². The maximum Gasteiger partial charge on any atom is 0.313 e. The number of nitrogens with zero attached hydrogens (tertiary/aromatic N) is 3. The van der Waals surface area contributed by atoms with Crippen LogP contribution in [0, 0.1) is 0 Å². The second kappa shape index (κ2) is 8.34. The zero-order chi connectivity index (χ0) is 21.1. The van der Waals surface area contributed by atoms with Crippen LogP contribution in [0.5, 0.6) is 0 Å². The van der Waals surface area contributed by atoms with Crippen molar-refractivity contribution in [2.75, 3.05) is 16.8 Å². The van der Waals surface area contributed by atoms with Crippen molar-refractivity contribution >= 4 is 40.7 Å². The van der Waals surface area contributed by atoms with E-state index in [-0.39, 0.29) is 18.3 Å². The van der Waals surface area contributed by atoms with Gasteiger partial charge in [-0.1, -0.05) is 16.8 Å². The molecule has 3 aromatic rings. The Balaban J connectivity index is 1.29. The van der Waals surface area contributed by atoms with Gasteiger partial charge in [-0.3, -0.25) is 14.4 Å². The van der Waals surface area contributed by atoms with Crippen LogP contribution in [0.15, 0.2) is 53.1 Å². The van der Waals surface area contributed by atoms with E-state index in [0.29, 0.717) is 35.1 Å². The predicted octanol–water partition coefficient (Wildman–Crippen LogP) is 2.38. The summed E-state index contributed by atoms with van der Waals surface area (Å²) in [4.78, 5) is 41.4. The van der Waals surface area contributed by atoms with Crippen LogP contribution in [0.25, 0.3) is 11.4 Å². The lowest BCUT2D eigenvalue weighted by atomic mass is 10.1. The highest BCUT2D eigenvalue weighted by Gasteiger charge is 2.25. The molecule has 0 bridgehead atoms. The molecule has 4 rings (SSSR count). The van der Waals surface area contributed by atoms with Crippen LogP contribution in [0.2, 0.25) is 5.02 Å². The van der Waals surface area contributed by atoms with Crippen molar-refractivity contribution in [3.05, 3.63) is 59.4 Å². The zero-order valence-corrected chi connectivity index (χ0v) is 16.3. The minimum Gasteiger partial charge on any atom is -0.339 e. The lowest BCUT2D eigenvalue weighted by molar-refractivity contribution is -0.136. The third kappa shape index (κ3) is 4.31. The summed E-state index contributed by atoms with van der Waals surface area (Å²) in [6, 6.07) is 13.6. The van der Waals surface area contributed by atoms with Crippen LogP contribution in [0.1, 0.15) is 12.3 Å². The van der Waals surface area contributed by atoms with Gasteiger partial charge in [0.25, 0.3) is 0 Å². The summed E-state index contributed by atoms with van der Waals surface area (Å²) in [6.45, 7) is 0.588. The molecule has 10 heteroatoms. The van der Waals surface area contributed by atoms with Gasteiger partial charge >= 0.3 is 11.8 Å². The van der Waals surface area contributed by atoms with E-state index >= 15 is 0 Å². The smallest absolute Gasteiger partial charge is 0.313 e. The Hall–Kier alpha value is -3.72. The highest BCUT2D eigenvalue weighted by atomic mass is 35.5. The first-order valence-corrected chi connectivity index (χ1v) is 9.45. The molecule has 1 aliphatic rings. The highest BCUT2D eigenvalue weighted by molar-refractivity contribution is 6.39. The topological polar surface area (TPSA) is 117 Å². The summed E-state index contributed by atoms with van der Waals surface area (Å²) < 4.78 is 5.09. The van der Waals surface area contributed by atoms with Crippen molar-refractivity contribution in [3.8, 4) is 11.4 Å². The number of amides is 3. The normalized spacial score (nSPS) is 13.0. The van der Waals surface area contributed by atoms with Crippen molar-refractivity contribution in [2.45, 2.75) is 13.0 Å². The Morgan fingerprint density at radius 3 is 2.43 bits per heavy atom. The molecule has 0 unspecified atom stereocenters. The number of rotatable bonds is 5. The molecule has 0 atom stereocenters. The number of nitrogens with one attached hydrogen (secondary N) is 2. The van der Waals surface area contributed by atoms with Crippen LogP contribution in [-0.2, 0) is 20.9 Å². The number of hydrogen-bond acceptors (Lipinski definition) is 6. The van der Waals surface area contributed by atoms with Crippen molar-refractivity contribution in [1.82, 2.24) is 15.5 Å². The first-order chi connectivity index (χ1) is 14.5. The molecule has 0 aliphatic carbocycles. The highest BCUT2D eigenvalue weighted by Crippen LogP contribution is 2.23. The molecule has 2 N–H and O–H groups in total. The Morgan fingerprint density at radius 1 is 1.07 bits per heavy atom. The molecule has 1 aromatic heterocycles. The van der Waals surface area contributed by atoms with Gasteiger partial charge in [0.05, 0.1) is 6.54 Å². The number of halogens is 1. The molecule has 0 spiro atoms. The Kier molecular flexibility index (Phi) is 5.44. The van der Waals surface area contributed by atoms with Crippen LogP contribution in [-0.4, -0.2) is 34.4 Å². The Bertz CT molecular complexity index is 1100. The second-order valence-electron chi connectivity index (χ2n) is 6.50. The molecule has 30 heavy (non-hydrogen) atoms. The zero-order valence-electron chi connectivity index (χ0n) is 15.6. The standard InChI is InChI=1S/C20H16ClN5O4/c21-13-3-1-12(2-4-13)18-24-16(30-25-18)11-22-19(28)20(29)23-14-5-7-15(8-6-14)26-10-9-17(26)27/h1-8H,9-11H2,(H,22,28)(H,23,29). The molecular weight excluding hydrogens is 410 g/mol. The van der Waals surface area contributed by atoms with E-state index in [1.165, 1.54) is 0 Å². The summed E-state index contributed by atoms with van der Waals surface area (Å²) in [5.41, 5.74) is 1.90. The van der Waals surface area contributed by atoms with Gasteiger partial charge in [-0.05, 0) is 48.5 Å². The molecule has 0 saturated carbocycles. The van der Waals surface area contributed by atoms with E-state index < -0.39 is 11.8 Å². The minimum absolute atomic E-state index is 0.0615. The monoisotopic (exact) mass is 425 g/mol. The molecule has 1 saturated heterocycles. The molecule has 1 fully saturated rings. The molecule has 2 aromatic carbocycles. The third-order valence-corrected chi connectivity index (χ3v) is 4.72. The molecular formula is C20H16ClN5O4. The van der Waals surface area contributed by atoms with Gasteiger partial charge in [-0.2, -0.15) is 4.98 Å². The summed E-state index contributed by atoms with van der Waals surface area (Å²) in [5.74, 6) is -1.11. The lowest BCUT2D eigenvalue weighted by Gasteiger charge is -2.30. The molecule has 152 valence electrons. The van der Waals surface area contributed by atoms with Gasteiger partial charge in [0.2, 0.25) is 17.6 Å².